The Hall–Kier alpha value is -5.45. The summed E-state index contributed by atoms with van der Waals surface area (Å²) in [5.74, 6) is -0.261. The normalized spacial score (nSPS) is 17.8. The lowest BCUT2D eigenvalue weighted by atomic mass is 9.98. The fraction of sp³-hybridized carbons (Fsp3) is 0.487. The van der Waals surface area contributed by atoms with Gasteiger partial charge in [0, 0.05) is 47.7 Å². The molecule has 0 spiro atoms. The average Bonchev–Trinajstić information content (AvgIpc) is 3.77. The van der Waals surface area contributed by atoms with Crippen LogP contribution in [-0.4, -0.2) is 84.4 Å². The third kappa shape index (κ3) is 8.51. The summed E-state index contributed by atoms with van der Waals surface area (Å²) in [7, 11) is -3.53. The highest BCUT2D eigenvalue weighted by molar-refractivity contribution is 7.92. The number of para-hydroxylation sites is 1. The number of nitrogens with one attached hydrogen (secondary N) is 3. The first-order chi connectivity index (χ1) is 26.3. The van der Waals surface area contributed by atoms with E-state index in [4.69, 9.17) is 4.74 Å². The fourth-order valence-electron chi connectivity index (χ4n) is 7.22. The second-order valence-corrected chi connectivity index (χ2v) is 17.4. The number of carbonyl (C=O) groups excluding carboxylic acids is 2. The Balaban J connectivity index is 0.000000194. The molecule has 300 valence electrons. The van der Waals surface area contributed by atoms with E-state index in [9.17, 15) is 27.6 Å². The van der Waals surface area contributed by atoms with Crippen LogP contribution < -0.4 is 15.8 Å². The smallest absolute Gasteiger partial charge is 0.410 e. The number of ether oxygens (including phenoxy) is 1. The number of rotatable bonds is 5. The highest BCUT2D eigenvalue weighted by atomic mass is 32.2. The Morgan fingerprint density at radius 3 is 1.77 bits per heavy atom. The van der Waals surface area contributed by atoms with Gasteiger partial charge in [-0.1, -0.05) is 12.1 Å². The molecule has 2 amide bonds. The van der Waals surface area contributed by atoms with Crippen LogP contribution in [0.3, 0.4) is 0 Å². The highest BCUT2D eigenvalue weighted by Crippen LogP contribution is 2.34. The van der Waals surface area contributed by atoms with Crippen molar-refractivity contribution >= 4 is 39.0 Å². The number of aromatic amines is 2. The third-order valence-electron chi connectivity index (χ3n) is 10.3. The SMILES string of the molecule is Cc1nc2cc([C@H]3CCCCN3C(=O)OC(C)(C)C)[nH]n2c(=O)c1C.Cc1nc2cc([C@H]3CCCCN3C(=O)c3ccccc3NS(C)(=O)=O)[nH]n2c(=O)c1C. The van der Waals surface area contributed by atoms with E-state index < -0.39 is 15.6 Å². The Labute approximate surface area is 325 Å². The number of carbonyl (C=O) groups is 2. The molecule has 2 saturated heterocycles. The van der Waals surface area contributed by atoms with Gasteiger partial charge in [0.25, 0.3) is 17.0 Å². The lowest BCUT2D eigenvalue weighted by Crippen LogP contribution is -2.42. The molecule has 0 bridgehead atoms. The van der Waals surface area contributed by atoms with Gasteiger partial charge in [-0.15, -0.1) is 0 Å². The molecule has 0 aliphatic carbocycles. The average molecular weight is 790 g/mol. The van der Waals surface area contributed by atoms with E-state index in [0.717, 1.165) is 61.9 Å². The van der Waals surface area contributed by atoms with E-state index >= 15 is 0 Å². The van der Waals surface area contributed by atoms with Gasteiger partial charge >= 0.3 is 6.09 Å². The van der Waals surface area contributed by atoms with Crippen LogP contribution >= 0.6 is 0 Å². The first kappa shape index (κ1) is 40.2. The molecule has 2 atom stereocenters. The number of piperidine rings is 2. The Bertz CT molecular complexity index is 2530. The Morgan fingerprint density at radius 1 is 0.786 bits per heavy atom. The van der Waals surface area contributed by atoms with Crippen molar-refractivity contribution < 1.29 is 22.7 Å². The molecule has 0 unspecified atom stereocenters. The molecule has 2 fully saturated rings. The van der Waals surface area contributed by atoms with E-state index in [0.29, 0.717) is 41.2 Å². The Kier molecular flexibility index (Phi) is 11.2. The number of fused-ring (bicyclic) bond motifs is 2. The number of aromatic nitrogens is 6. The minimum Gasteiger partial charge on any atom is -0.444 e. The zero-order valence-electron chi connectivity index (χ0n) is 33.2. The number of amides is 2. The molecular formula is C39H51N9O7S. The molecule has 0 saturated carbocycles. The minimum absolute atomic E-state index is 0.103. The lowest BCUT2D eigenvalue weighted by Gasteiger charge is -2.36. The van der Waals surface area contributed by atoms with Gasteiger partial charge in [-0.05, 0) is 99.1 Å². The van der Waals surface area contributed by atoms with Gasteiger partial charge < -0.3 is 9.64 Å². The van der Waals surface area contributed by atoms with Gasteiger partial charge in [-0.3, -0.25) is 34.2 Å². The number of benzene rings is 1. The molecule has 2 aliphatic rings. The van der Waals surface area contributed by atoms with Crippen molar-refractivity contribution in [2.45, 2.75) is 105 Å². The highest BCUT2D eigenvalue weighted by Gasteiger charge is 2.34. The number of sulfonamides is 1. The minimum atomic E-state index is -3.53. The van der Waals surface area contributed by atoms with Crippen molar-refractivity contribution in [1.29, 1.82) is 0 Å². The topological polar surface area (TPSA) is 196 Å². The van der Waals surface area contributed by atoms with Crippen molar-refractivity contribution in [2.75, 3.05) is 24.1 Å². The van der Waals surface area contributed by atoms with Gasteiger partial charge in [0.2, 0.25) is 10.0 Å². The number of hydrogen-bond donors (Lipinski definition) is 3. The van der Waals surface area contributed by atoms with Gasteiger partial charge in [0.05, 0.1) is 41.0 Å². The molecule has 2 aliphatic heterocycles. The van der Waals surface area contributed by atoms with Crippen molar-refractivity contribution in [3.8, 4) is 0 Å². The van der Waals surface area contributed by atoms with Gasteiger partial charge in [0.15, 0.2) is 11.3 Å². The molecule has 1 aromatic carbocycles. The fourth-order valence-corrected chi connectivity index (χ4v) is 7.80. The van der Waals surface area contributed by atoms with E-state index in [1.165, 1.54) is 9.03 Å². The quantitative estimate of drug-likeness (QED) is 0.207. The summed E-state index contributed by atoms with van der Waals surface area (Å²) < 4.78 is 34.3. The van der Waals surface area contributed by atoms with Crippen LogP contribution in [0.25, 0.3) is 11.3 Å². The van der Waals surface area contributed by atoms with Crippen LogP contribution in [0, 0.1) is 27.7 Å². The molecule has 5 aromatic rings. The molecular weight excluding hydrogens is 739 g/mol. The summed E-state index contributed by atoms with van der Waals surface area (Å²) in [6, 6.07) is 9.85. The predicted octanol–water partition coefficient (Wildman–Crippen LogP) is 5.48. The van der Waals surface area contributed by atoms with Crippen LogP contribution in [0.2, 0.25) is 0 Å². The summed E-state index contributed by atoms with van der Waals surface area (Å²) in [4.78, 5) is 63.6. The summed E-state index contributed by atoms with van der Waals surface area (Å²) >= 11 is 0. The van der Waals surface area contributed by atoms with E-state index in [-0.39, 0.29) is 46.5 Å². The number of aryl methyl sites for hydroxylation is 2. The van der Waals surface area contributed by atoms with Crippen molar-refractivity contribution in [3.05, 3.63) is 96.6 Å². The zero-order valence-corrected chi connectivity index (χ0v) is 34.0. The molecule has 56 heavy (non-hydrogen) atoms. The van der Waals surface area contributed by atoms with Crippen LogP contribution in [0.1, 0.15) is 116 Å². The molecule has 17 heteroatoms. The summed E-state index contributed by atoms with van der Waals surface area (Å²) in [5, 5.41) is 6.27. The number of likely N-dealkylation sites (tertiary alicyclic amines) is 2. The number of hydrogen-bond acceptors (Lipinski definition) is 9. The van der Waals surface area contributed by atoms with Gasteiger partial charge in [0.1, 0.15) is 5.60 Å². The third-order valence-corrected chi connectivity index (χ3v) is 10.9. The molecule has 16 nitrogen and oxygen atoms in total. The number of nitrogens with zero attached hydrogens (tertiary/aromatic N) is 6. The first-order valence-corrected chi connectivity index (χ1v) is 20.8. The summed E-state index contributed by atoms with van der Waals surface area (Å²) in [6.45, 7) is 13.9. The van der Waals surface area contributed by atoms with E-state index in [2.05, 4.69) is 24.9 Å². The molecule has 6 heterocycles. The second kappa shape index (κ2) is 15.6. The Morgan fingerprint density at radius 2 is 1.27 bits per heavy atom. The zero-order chi connectivity index (χ0) is 40.7. The molecule has 0 radical (unpaired) electrons. The van der Waals surface area contributed by atoms with E-state index in [1.807, 2.05) is 39.8 Å². The number of H-pyrrole nitrogens is 2. The van der Waals surface area contributed by atoms with Crippen molar-refractivity contribution in [1.82, 2.24) is 39.0 Å². The number of anilines is 1. The molecule has 4 aromatic heterocycles. The molecule has 3 N–H and O–H groups in total. The van der Waals surface area contributed by atoms with Crippen LogP contribution in [-0.2, 0) is 14.8 Å². The maximum Gasteiger partial charge on any atom is 0.410 e. The molecule has 7 rings (SSSR count). The summed E-state index contributed by atoms with van der Waals surface area (Å²) in [6.07, 6.45) is 6.06. The van der Waals surface area contributed by atoms with Crippen molar-refractivity contribution in [3.63, 3.8) is 0 Å². The predicted molar refractivity (Wildman–Crippen MR) is 213 cm³/mol. The monoisotopic (exact) mass is 789 g/mol. The van der Waals surface area contributed by atoms with Crippen LogP contribution in [0.4, 0.5) is 10.5 Å². The maximum absolute atomic E-state index is 13.5. The van der Waals surface area contributed by atoms with Crippen molar-refractivity contribution in [2.24, 2.45) is 0 Å². The summed E-state index contributed by atoms with van der Waals surface area (Å²) in [5.41, 5.74) is 4.98. The first-order valence-electron chi connectivity index (χ1n) is 18.9. The van der Waals surface area contributed by atoms with Crippen LogP contribution in [0.5, 0.6) is 0 Å². The standard InChI is InChI=1S/C21H25N5O4S.C18H26N4O3/c1-13-14(2)22-19-12-17(23-26(19)20(13)27)18-10-6-7-11-25(18)21(28)15-8-4-5-9-16(15)24-31(3,29)30;1-11-12(2)19-15-10-13(20-22(15)16(11)23)14-8-6-7-9-21(14)17(24)25-18(3,4)5/h4-5,8-9,12,18,23-24H,6-7,10-11H2,1-3H3;10,14,20H,6-9H2,1-5H3/t18-;14-/m11/s1. The van der Waals surface area contributed by atoms with E-state index in [1.54, 1.807) is 54.8 Å². The van der Waals surface area contributed by atoms with Gasteiger partial charge in [-0.25, -0.2) is 32.2 Å². The maximum atomic E-state index is 13.5. The second-order valence-electron chi connectivity index (χ2n) is 15.7. The largest absolute Gasteiger partial charge is 0.444 e. The lowest BCUT2D eigenvalue weighted by molar-refractivity contribution is 0.00895. The van der Waals surface area contributed by atoms with Crippen LogP contribution in [0.15, 0.2) is 46.0 Å². The van der Waals surface area contributed by atoms with Gasteiger partial charge in [-0.2, -0.15) is 0 Å².